The summed E-state index contributed by atoms with van der Waals surface area (Å²) in [4.78, 5) is 30.5. The Morgan fingerprint density at radius 1 is 0.478 bits per heavy atom. The fourth-order valence-electron chi connectivity index (χ4n) is 5.22. The van der Waals surface area contributed by atoms with Gasteiger partial charge in [-0.3, -0.25) is 9.80 Å². The highest BCUT2D eigenvalue weighted by Gasteiger charge is 2.42. The van der Waals surface area contributed by atoms with Crippen LogP contribution in [0.15, 0.2) is 109 Å². The number of nitriles is 2. The first kappa shape index (κ1) is 27.4. The van der Waals surface area contributed by atoms with E-state index in [1.807, 2.05) is 84.9 Å². The molecule has 0 fully saturated rings. The third-order valence-corrected chi connectivity index (χ3v) is 7.35. The van der Waals surface area contributed by atoms with Gasteiger partial charge in [-0.05, 0) is 48.5 Å². The van der Waals surface area contributed by atoms with E-state index >= 15 is 0 Å². The Kier molecular flexibility index (Phi) is 6.77. The zero-order chi connectivity index (χ0) is 31.6. The molecule has 10 heteroatoms. The molecule has 0 radical (unpaired) electrons. The van der Waals surface area contributed by atoms with Crippen LogP contribution in [0, 0.1) is 35.8 Å². The first-order chi connectivity index (χ1) is 22.6. The molecule has 10 nitrogen and oxygen atoms in total. The topological polar surface area (TPSA) is 114 Å². The zero-order valence-electron chi connectivity index (χ0n) is 23.9. The molecule has 0 saturated carbocycles. The van der Waals surface area contributed by atoms with Gasteiger partial charge < -0.3 is 9.69 Å². The fraction of sp³-hybridized carbons (Fsp3) is 0. The van der Waals surface area contributed by atoms with Crippen molar-refractivity contribution in [2.75, 3.05) is 9.80 Å². The molecular formula is C36H18N10. The summed E-state index contributed by atoms with van der Waals surface area (Å²) in [5, 5.41) is 18.9. The van der Waals surface area contributed by atoms with Crippen molar-refractivity contribution in [2.24, 2.45) is 0 Å². The van der Waals surface area contributed by atoms with Crippen molar-refractivity contribution in [3.63, 3.8) is 0 Å². The van der Waals surface area contributed by atoms with Gasteiger partial charge in [-0.25, -0.2) is 9.97 Å². The van der Waals surface area contributed by atoms with E-state index in [0.29, 0.717) is 57.2 Å². The Morgan fingerprint density at radius 3 is 1.15 bits per heavy atom. The Morgan fingerprint density at radius 2 is 0.826 bits per heavy atom. The number of aromatic nitrogens is 4. The van der Waals surface area contributed by atoms with Crippen molar-refractivity contribution in [1.82, 2.24) is 19.9 Å². The van der Waals surface area contributed by atoms with E-state index in [0.717, 1.165) is 11.1 Å². The second-order valence-corrected chi connectivity index (χ2v) is 10.0. The van der Waals surface area contributed by atoms with Crippen LogP contribution < -0.4 is 9.80 Å². The largest absolute Gasteiger partial charge is 0.370 e. The molecule has 0 atom stereocenters. The van der Waals surface area contributed by atoms with Gasteiger partial charge in [-0.2, -0.15) is 10.5 Å². The third-order valence-electron chi connectivity index (χ3n) is 7.35. The maximum absolute atomic E-state index is 9.44. The van der Waals surface area contributed by atoms with E-state index in [1.54, 1.807) is 34.1 Å². The number of rotatable bonds is 4. The summed E-state index contributed by atoms with van der Waals surface area (Å²) in [6.07, 6.45) is 0. The summed E-state index contributed by atoms with van der Waals surface area (Å²) in [6, 6.07) is 37.4. The Balaban J connectivity index is 1.61. The predicted molar refractivity (Wildman–Crippen MR) is 173 cm³/mol. The molecule has 0 N–H and O–H groups in total. The van der Waals surface area contributed by atoms with Gasteiger partial charge in [-0.1, -0.05) is 73.8 Å². The van der Waals surface area contributed by atoms with Gasteiger partial charge in [-0.15, -0.1) is 9.97 Å². The minimum atomic E-state index is -0.124. The zero-order valence-corrected chi connectivity index (χ0v) is 23.9. The number of hydrogen-bond donors (Lipinski definition) is 0. The number of para-hydroxylation sites is 2. The van der Waals surface area contributed by atoms with Gasteiger partial charge in [0, 0.05) is 11.1 Å². The van der Waals surface area contributed by atoms with Crippen molar-refractivity contribution < 1.29 is 0 Å². The molecule has 1 aliphatic heterocycles. The summed E-state index contributed by atoms with van der Waals surface area (Å²) >= 11 is 0. The normalized spacial score (nSPS) is 11.3. The first-order valence-electron chi connectivity index (χ1n) is 13.9. The van der Waals surface area contributed by atoms with Gasteiger partial charge in [0.05, 0.1) is 46.0 Å². The lowest BCUT2D eigenvalue weighted by atomic mass is 10.0. The molecule has 0 saturated heterocycles. The second kappa shape index (κ2) is 11.4. The number of nitrogens with zero attached hydrogens (tertiary/aromatic N) is 10. The van der Waals surface area contributed by atoms with Crippen LogP contribution in [0.5, 0.6) is 0 Å². The van der Waals surface area contributed by atoms with E-state index in [1.165, 1.54) is 0 Å². The van der Waals surface area contributed by atoms with Crippen molar-refractivity contribution >= 4 is 46.3 Å². The summed E-state index contributed by atoms with van der Waals surface area (Å²) in [7, 11) is 0. The summed E-state index contributed by atoms with van der Waals surface area (Å²) in [6.45, 7) is 15.5. The molecule has 6 aromatic rings. The molecule has 0 unspecified atom stereocenters. The highest BCUT2D eigenvalue weighted by molar-refractivity contribution is 5.99. The molecular weight excluding hydrogens is 572 g/mol. The number of benzene rings is 4. The second-order valence-electron chi connectivity index (χ2n) is 10.0. The van der Waals surface area contributed by atoms with Crippen LogP contribution in [0.3, 0.4) is 0 Å². The van der Waals surface area contributed by atoms with Gasteiger partial charge >= 0.3 is 11.6 Å². The smallest absolute Gasteiger partial charge is 0.300 e. The van der Waals surface area contributed by atoms with Crippen LogP contribution in [-0.2, 0) is 0 Å². The molecule has 0 aliphatic carbocycles. The van der Waals surface area contributed by atoms with Crippen LogP contribution in [0.25, 0.3) is 32.2 Å². The third kappa shape index (κ3) is 4.58. The van der Waals surface area contributed by atoms with E-state index in [9.17, 15) is 10.5 Å². The SMILES string of the molecule is [C-]#[N+]c1nc2c(nc1[N+]#[C-])N(c1ccccc1)c1nc(-c3ccc(C#N)cc3)c(-c3ccc(C#N)cc3)nc1N2c1ccccc1. The molecule has 46 heavy (non-hydrogen) atoms. The molecule has 0 spiro atoms. The quantitative estimate of drug-likeness (QED) is 0.187. The predicted octanol–water partition coefficient (Wildman–Crippen LogP) is 8.70. The Bertz CT molecular complexity index is 2130. The Hall–Kier alpha value is -7.40. The highest BCUT2D eigenvalue weighted by Crippen LogP contribution is 2.53. The van der Waals surface area contributed by atoms with Crippen molar-refractivity contribution in [2.45, 2.75) is 0 Å². The van der Waals surface area contributed by atoms with Gasteiger partial charge in [0.1, 0.15) is 0 Å². The van der Waals surface area contributed by atoms with Crippen LogP contribution in [0.2, 0.25) is 0 Å². The molecule has 212 valence electrons. The van der Waals surface area contributed by atoms with Crippen LogP contribution in [-0.4, -0.2) is 19.9 Å². The molecule has 3 heterocycles. The lowest BCUT2D eigenvalue weighted by Gasteiger charge is -2.34. The number of fused-ring (bicyclic) bond motifs is 2. The number of anilines is 6. The van der Waals surface area contributed by atoms with E-state index in [4.69, 9.17) is 23.1 Å². The van der Waals surface area contributed by atoms with Gasteiger partial charge in [0.2, 0.25) is 0 Å². The van der Waals surface area contributed by atoms with Crippen LogP contribution in [0.4, 0.5) is 46.3 Å². The first-order valence-corrected chi connectivity index (χ1v) is 13.9. The number of hydrogen-bond acceptors (Lipinski definition) is 8. The highest BCUT2D eigenvalue weighted by atomic mass is 15.4. The maximum Gasteiger partial charge on any atom is 0.300 e. The standard InChI is InChI=1S/C36H18N10/c1-39-31-32(40-2)44-36-35(43-31)45(27-9-5-3-6-10-27)33-34(46(36)28-11-7-4-8-12-28)42-30(26-19-15-24(22-38)16-20-26)29(41-33)25-17-13-23(21-37)14-18-25/h3-20H. The van der Waals surface area contributed by atoms with E-state index in [2.05, 4.69) is 31.8 Å². The van der Waals surface area contributed by atoms with Crippen LogP contribution in [0.1, 0.15) is 11.1 Å². The van der Waals surface area contributed by atoms with Crippen molar-refractivity contribution in [3.8, 4) is 34.7 Å². The van der Waals surface area contributed by atoms with Gasteiger partial charge in [0.25, 0.3) is 11.6 Å². The molecule has 1 aliphatic rings. The molecule has 0 amide bonds. The maximum atomic E-state index is 9.44. The summed E-state index contributed by atoms with van der Waals surface area (Å²) < 4.78 is 0. The molecule has 7 rings (SSSR count). The van der Waals surface area contributed by atoms with Crippen LogP contribution >= 0.6 is 0 Å². The lowest BCUT2D eigenvalue weighted by Crippen LogP contribution is -2.28. The molecule has 0 bridgehead atoms. The Labute approximate surface area is 264 Å². The molecule has 2 aromatic heterocycles. The average Bonchev–Trinajstić information content (AvgIpc) is 3.13. The van der Waals surface area contributed by atoms with Crippen molar-refractivity contribution in [3.05, 3.63) is 143 Å². The molecule has 4 aromatic carbocycles. The van der Waals surface area contributed by atoms with Crippen molar-refractivity contribution in [1.29, 1.82) is 10.5 Å². The summed E-state index contributed by atoms with van der Waals surface area (Å²) in [5.41, 5.74) is 4.90. The summed E-state index contributed by atoms with van der Waals surface area (Å²) in [5.74, 6) is 1.21. The fourth-order valence-corrected chi connectivity index (χ4v) is 5.22. The minimum Gasteiger partial charge on any atom is -0.370 e. The average molecular weight is 591 g/mol. The van der Waals surface area contributed by atoms with Gasteiger partial charge in [0.15, 0.2) is 11.6 Å². The lowest BCUT2D eigenvalue weighted by molar-refractivity contribution is 1.00. The van der Waals surface area contributed by atoms with E-state index in [-0.39, 0.29) is 11.6 Å². The van der Waals surface area contributed by atoms with E-state index < -0.39 is 0 Å². The monoisotopic (exact) mass is 590 g/mol. The minimum absolute atomic E-state index is 0.124.